The number of ether oxygens (including phenoxy) is 2. The Morgan fingerprint density at radius 2 is 2.00 bits per heavy atom. The summed E-state index contributed by atoms with van der Waals surface area (Å²) in [6.45, 7) is 3.07. The lowest BCUT2D eigenvalue weighted by Gasteiger charge is -2.14. The molecule has 1 saturated heterocycles. The third-order valence-electron chi connectivity index (χ3n) is 2.66. The highest BCUT2D eigenvalue weighted by Crippen LogP contribution is 2.26. The number of hydrogen-bond acceptors (Lipinski definition) is 4. The summed E-state index contributed by atoms with van der Waals surface area (Å²) >= 11 is 0. The number of benzene rings is 1. The second kappa shape index (κ2) is 6.08. The number of rotatable bonds is 5. The second-order valence-electron chi connectivity index (χ2n) is 3.95. The standard InChI is InChI=1S/C13H16N2O4/c1-2-18-10-5-3-4-6-11(10)19-9-12(16)15-8-7-14-13(15)17/h3-6H,2,7-9H2,1H3,(H,14,17). The Balaban J connectivity index is 1.95. The first-order valence-electron chi connectivity index (χ1n) is 6.15. The fourth-order valence-electron chi connectivity index (χ4n) is 1.77. The molecule has 0 spiro atoms. The van der Waals surface area contributed by atoms with Crippen LogP contribution >= 0.6 is 0 Å². The number of urea groups is 1. The largest absolute Gasteiger partial charge is 0.490 e. The molecule has 1 aromatic carbocycles. The van der Waals surface area contributed by atoms with Crippen molar-refractivity contribution in [1.29, 1.82) is 0 Å². The zero-order chi connectivity index (χ0) is 13.7. The van der Waals surface area contributed by atoms with Gasteiger partial charge in [0.15, 0.2) is 18.1 Å². The molecule has 0 aliphatic carbocycles. The van der Waals surface area contributed by atoms with Crippen LogP contribution in [0.25, 0.3) is 0 Å². The van der Waals surface area contributed by atoms with Gasteiger partial charge in [-0.2, -0.15) is 0 Å². The topological polar surface area (TPSA) is 67.9 Å². The molecule has 3 amide bonds. The van der Waals surface area contributed by atoms with Gasteiger partial charge in [-0.3, -0.25) is 9.69 Å². The molecule has 6 nitrogen and oxygen atoms in total. The van der Waals surface area contributed by atoms with Gasteiger partial charge in [0.2, 0.25) is 0 Å². The average molecular weight is 264 g/mol. The van der Waals surface area contributed by atoms with Crippen LogP contribution in [0, 0.1) is 0 Å². The summed E-state index contributed by atoms with van der Waals surface area (Å²) < 4.78 is 10.8. The van der Waals surface area contributed by atoms with Gasteiger partial charge in [-0.05, 0) is 19.1 Å². The van der Waals surface area contributed by atoms with Gasteiger partial charge in [-0.15, -0.1) is 0 Å². The van der Waals surface area contributed by atoms with Crippen LogP contribution in [0.4, 0.5) is 4.79 Å². The van der Waals surface area contributed by atoms with E-state index in [4.69, 9.17) is 9.47 Å². The van der Waals surface area contributed by atoms with Crippen LogP contribution in [0.3, 0.4) is 0 Å². The van der Waals surface area contributed by atoms with E-state index in [1.165, 1.54) is 0 Å². The Hall–Kier alpha value is -2.24. The van der Waals surface area contributed by atoms with Crippen molar-refractivity contribution in [2.24, 2.45) is 0 Å². The van der Waals surface area contributed by atoms with E-state index in [1.54, 1.807) is 18.2 Å². The molecule has 1 heterocycles. The maximum Gasteiger partial charge on any atom is 0.324 e. The number of carbonyl (C=O) groups excluding carboxylic acids is 2. The number of carbonyl (C=O) groups is 2. The lowest BCUT2D eigenvalue weighted by molar-refractivity contribution is -0.129. The number of nitrogens with one attached hydrogen (secondary N) is 1. The van der Waals surface area contributed by atoms with Gasteiger partial charge in [-0.1, -0.05) is 12.1 Å². The van der Waals surface area contributed by atoms with E-state index in [0.717, 1.165) is 4.90 Å². The molecule has 102 valence electrons. The van der Waals surface area contributed by atoms with Crippen molar-refractivity contribution in [1.82, 2.24) is 10.2 Å². The normalized spacial score (nSPS) is 14.2. The molecule has 1 N–H and O–H groups in total. The molecule has 2 rings (SSSR count). The smallest absolute Gasteiger partial charge is 0.324 e. The van der Waals surface area contributed by atoms with Crippen molar-refractivity contribution < 1.29 is 19.1 Å². The van der Waals surface area contributed by atoms with E-state index >= 15 is 0 Å². The summed E-state index contributed by atoms with van der Waals surface area (Å²) in [5.74, 6) is 0.724. The zero-order valence-electron chi connectivity index (χ0n) is 10.7. The fraction of sp³-hybridized carbons (Fsp3) is 0.385. The Bertz CT molecular complexity index is 475. The van der Waals surface area contributed by atoms with E-state index in [1.807, 2.05) is 13.0 Å². The van der Waals surface area contributed by atoms with Crippen molar-refractivity contribution in [3.63, 3.8) is 0 Å². The second-order valence-corrected chi connectivity index (χ2v) is 3.95. The van der Waals surface area contributed by atoms with Gasteiger partial charge in [-0.25, -0.2) is 4.79 Å². The first kappa shape index (κ1) is 13.2. The SMILES string of the molecule is CCOc1ccccc1OCC(=O)N1CCNC1=O. The molecule has 0 bridgehead atoms. The van der Waals surface area contributed by atoms with Crippen molar-refractivity contribution in [3.8, 4) is 11.5 Å². The Morgan fingerprint density at radius 3 is 2.58 bits per heavy atom. The van der Waals surface area contributed by atoms with Crippen LogP contribution in [0.15, 0.2) is 24.3 Å². The monoisotopic (exact) mass is 264 g/mol. The van der Waals surface area contributed by atoms with E-state index in [2.05, 4.69) is 5.32 Å². The molecule has 0 atom stereocenters. The van der Waals surface area contributed by atoms with Crippen LogP contribution < -0.4 is 14.8 Å². The third-order valence-corrected chi connectivity index (χ3v) is 2.66. The van der Waals surface area contributed by atoms with E-state index in [9.17, 15) is 9.59 Å². The summed E-state index contributed by atoms with van der Waals surface area (Å²) in [6, 6.07) is 6.75. The summed E-state index contributed by atoms with van der Waals surface area (Å²) in [5, 5.41) is 2.57. The van der Waals surface area contributed by atoms with E-state index in [-0.39, 0.29) is 18.5 Å². The van der Waals surface area contributed by atoms with Gasteiger partial charge in [0, 0.05) is 13.1 Å². The maximum absolute atomic E-state index is 11.8. The summed E-state index contributed by atoms with van der Waals surface area (Å²) in [6.07, 6.45) is 0. The number of amides is 3. The molecule has 1 aliphatic heterocycles. The average Bonchev–Trinajstić information content (AvgIpc) is 2.84. The van der Waals surface area contributed by atoms with Gasteiger partial charge >= 0.3 is 6.03 Å². The predicted octanol–water partition coefficient (Wildman–Crippen LogP) is 1.02. The molecule has 1 aliphatic rings. The van der Waals surface area contributed by atoms with Crippen LogP contribution in [0.1, 0.15) is 6.92 Å². The molecule has 0 radical (unpaired) electrons. The minimum absolute atomic E-state index is 0.183. The van der Waals surface area contributed by atoms with Crippen molar-refractivity contribution >= 4 is 11.9 Å². The van der Waals surface area contributed by atoms with E-state index < -0.39 is 0 Å². The molecule has 1 aromatic rings. The molecule has 0 unspecified atom stereocenters. The minimum atomic E-state index is -0.369. The molecule has 0 aromatic heterocycles. The molecule has 19 heavy (non-hydrogen) atoms. The van der Waals surface area contributed by atoms with Crippen molar-refractivity contribution in [3.05, 3.63) is 24.3 Å². The van der Waals surface area contributed by atoms with Crippen molar-refractivity contribution in [2.75, 3.05) is 26.3 Å². The first-order chi connectivity index (χ1) is 9.22. The maximum atomic E-state index is 11.8. The molecule has 6 heteroatoms. The number of nitrogens with zero attached hydrogens (tertiary/aromatic N) is 1. The quantitative estimate of drug-likeness (QED) is 0.862. The Kier molecular flexibility index (Phi) is 4.22. The summed E-state index contributed by atoms with van der Waals surface area (Å²) in [5.41, 5.74) is 0. The fourth-order valence-corrected chi connectivity index (χ4v) is 1.77. The van der Waals surface area contributed by atoms with Crippen molar-refractivity contribution in [2.45, 2.75) is 6.92 Å². The van der Waals surface area contributed by atoms with Crippen LogP contribution in [0.2, 0.25) is 0 Å². The molecule has 0 saturated carbocycles. The highest BCUT2D eigenvalue weighted by atomic mass is 16.5. The lowest BCUT2D eigenvalue weighted by Crippen LogP contribution is -2.37. The van der Waals surface area contributed by atoms with Gasteiger partial charge < -0.3 is 14.8 Å². The molecule has 1 fully saturated rings. The Morgan fingerprint density at radius 1 is 1.32 bits per heavy atom. The summed E-state index contributed by atoms with van der Waals surface area (Å²) in [4.78, 5) is 24.2. The van der Waals surface area contributed by atoms with Crippen LogP contribution in [0.5, 0.6) is 11.5 Å². The van der Waals surface area contributed by atoms with Crippen LogP contribution in [-0.4, -0.2) is 43.1 Å². The third kappa shape index (κ3) is 3.15. The van der Waals surface area contributed by atoms with Crippen LogP contribution in [-0.2, 0) is 4.79 Å². The van der Waals surface area contributed by atoms with E-state index in [0.29, 0.717) is 31.2 Å². The lowest BCUT2D eigenvalue weighted by atomic mass is 10.3. The highest BCUT2D eigenvalue weighted by Gasteiger charge is 2.26. The van der Waals surface area contributed by atoms with Gasteiger partial charge in [0.05, 0.1) is 6.61 Å². The minimum Gasteiger partial charge on any atom is -0.490 e. The molecular weight excluding hydrogens is 248 g/mol. The number of imide groups is 1. The molecular formula is C13H16N2O4. The van der Waals surface area contributed by atoms with Gasteiger partial charge in [0.1, 0.15) is 0 Å². The highest BCUT2D eigenvalue weighted by molar-refractivity contribution is 5.96. The number of para-hydroxylation sites is 2. The van der Waals surface area contributed by atoms with Gasteiger partial charge in [0.25, 0.3) is 5.91 Å². The first-order valence-corrected chi connectivity index (χ1v) is 6.15. The zero-order valence-corrected chi connectivity index (χ0v) is 10.7. The summed E-state index contributed by atoms with van der Waals surface area (Å²) in [7, 11) is 0. The number of hydrogen-bond donors (Lipinski definition) is 1. The predicted molar refractivity (Wildman–Crippen MR) is 68.2 cm³/mol. The Labute approximate surface area is 111 Å².